The van der Waals surface area contributed by atoms with Crippen LogP contribution >= 0.6 is 11.3 Å². The van der Waals surface area contributed by atoms with Gasteiger partial charge in [0, 0.05) is 13.2 Å². The third-order valence-corrected chi connectivity index (χ3v) is 2.65. The second kappa shape index (κ2) is 6.13. The zero-order valence-corrected chi connectivity index (χ0v) is 8.85. The van der Waals surface area contributed by atoms with Crippen LogP contribution in [0.15, 0.2) is 16.8 Å². The molecule has 0 aromatic carbocycles. The Bertz CT molecular complexity index is 211. The molecule has 0 amide bonds. The minimum Gasteiger partial charge on any atom is -0.372 e. The summed E-state index contributed by atoms with van der Waals surface area (Å²) in [6.07, 6.45) is 2.37. The van der Waals surface area contributed by atoms with Crippen LogP contribution in [0.1, 0.15) is 31.4 Å². The first-order chi connectivity index (χ1) is 6.38. The molecule has 1 heterocycles. The van der Waals surface area contributed by atoms with E-state index in [4.69, 9.17) is 10.5 Å². The van der Waals surface area contributed by atoms with Crippen molar-refractivity contribution in [3.05, 3.63) is 22.4 Å². The Balaban J connectivity index is 2.35. The van der Waals surface area contributed by atoms with Gasteiger partial charge in [-0.2, -0.15) is 11.3 Å². The predicted molar refractivity (Wildman–Crippen MR) is 57.0 cm³/mol. The lowest BCUT2D eigenvalue weighted by atomic mass is 10.2. The van der Waals surface area contributed by atoms with Crippen molar-refractivity contribution in [1.29, 1.82) is 0 Å². The predicted octanol–water partition coefficient (Wildman–Crippen LogP) is 2.56. The lowest BCUT2D eigenvalue weighted by Gasteiger charge is -2.14. The normalized spacial score (nSPS) is 13.1. The van der Waals surface area contributed by atoms with Crippen molar-refractivity contribution in [2.24, 2.45) is 5.73 Å². The number of nitrogens with two attached hydrogens (primary N) is 1. The average Bonchev–Trinajstić information content (AvgIpc) is 2.65. The van der Waals surface area contributed by atoms with Crippen molar-refractivity contribution in [2.75, 3.05) is 13.2 Å². The molecule has 0 spiro atoms. The van der Waals surface area contributed by atoms with E-state index in [9.17, 15) is 0 Å². The van der Waals surface area contributed by atoms with E-state index in [1.807, 2.05) is 0 Å². The summed E-state index contributed by atoms with van der Waals surface area (Å²) in [5.41, 5.74) is 6.84. The van der Waals surface area contributed by atoms with E-state index in [2.05, 4.69) is 23.8 Å². The molecular weight excluding hydrogens is 182 g/mol. The van der Waals surface area contributed by atoms with Crippen LogP contribution in [0.4, 0.5) is 0 Å². The van der Waals surface area contributed by atoms with Gasteiger partial charge in [0.25, 0.3) is 0 Å². The molecule has 0 fully saturated rings. The number of thiophene rings is 1. The molecular formula is C10H17NOS. The largest absolute Gasteiger partial charge is 0.372 e. The number of hydrogen-bond acceptors (Lipinski definition) is 3. The molecule has 1 aromatic rings. The third kappa shape index (κ3) is 3.46. The molecule has 0 radical (unpaired) electrons. The van der Waals surface area contributed by atoms with Crippen LogP contribution in [0.5, 0.6) is 0 Å². The summed E-state index contributed by atoms with van der Waals surface area (Å²) < 4.78 is 5.66. The highest BCUT2D eigenvalue weighted by Gasteiger charge is 2.09. The van der Waals surface area contributed by atoms with Crippen molar-refractivity contribution in [3.8, 4) is 0 Å². The van der Waals surface area contributed by atoms with Crippen molar-refractivity contribution in [1.82, 2.24) is 0 Å². The summed E-state index contributed by atoms with van der Waals surface area (Å²) in [4.78, 5) is 0. The SMILES string of the molecule is CCCCOC(CN)c1ccsc1. The third-order valence-electron chi connectivity index (χ3n) is 1.95. The smallest absolute Gasteiger partial charge is 0.0955 e. The monoisotopic (exact) mass is 199 g/mol. The standard InChI is InChI=1S/C10H17NOS/c1-2-3-5-12-10(7-11)9-4-6-13-8-9/h4,6,8,10H,2-3,5,7,11H2,1H3. The highest BCUT2D eigenvalue weighted by Crippen LogP contribution is 2.19. The van der Waals surface area contributed by atoms with Crippen molar-refractivity contribution in [2.45, 2.75) is 25.9 Å². The van der Waals surface area contributed by atoms with Gasteiger partial charge in [-0.1, -0.05) is 13.3 Å². The van der Waals surface area contributed by atoms with E-state index in [0.717, 1.165) is 13.0 Å². The van der Waals surface area contributed by atoms with Gasteiger partial charge in [0.2, 0.25) is 0 Å². The second-order valence-corrected chi connectivity index (χ2v) is 3.79. The molecule has 1 aromatic heterocycles. The minimum atomic E-state index is 0.0952. The zero-order chi connectivity index (χ0) is 9.52. The van der Waals surface area contributed by atoms with Gasteiger partial charge in [0.05, 0.1) is 6.10 Å². The first kappa shape index (κ1) is 10.7. The molecule has 0 aliphatic heterocycles. The van der Waals surface area contributed by atoms with Crippen LogP contribution < -0.4 is 5.73 Å². The average molecular weight is 199 g/mol. The molecule has 3 heteroatoms. The lowest BCUT2D eigenvalue weighted by molar-refractivity contribution is 0.0569. The number of ether oxygens (including phenoxy) is 1. The van der Waals surface area contributed by atoms with Crippen LogP contribution in [0.25, 0.3) is 0 Å². The molecule has 0 saturated carbocycles. The fourth-order valence-corrected chi connectivity index (χ4v) is 1.83. The molecule has 2 N–H and O–H groups in total. The topological polar surface area (TPSA) is 35.2 Å². The van der Waals surface area contributed by atoms with Crippen LogP contribution in [0, 0.1) is 0 Å². The Hall–Kier alpha value is -0.380. The van der Waals surface area contributed by atoms with Crippen molar-refractivity contribution >= 4 is 11.3 Å². The van der Waals surface area contributed by atoms with Gasteiger partial charge in [0.1, 0.15) is 0 Å². The van der Waals surface area contributed by atoms with Crippen LogP contribution in [-0.4, -0.2) is 13.2 Å². The van der Waals surface area contributed by atoms with Gasteiger partial charge in [-0.05, 0) is 28.8 Å². The van der Waals surface area contributed by atoms with Gasteiger partial charge in [-0.3, -0.25) is 0 Å². The fraction of sp³-hybridized carbons (Fsp3) is 0.600. The number of rotatable bonds is 6. The molecule has 0 aliphatic carbocycles. The zero-order valence-electron chi connectivity index (χ0n) is 8.03. The first-order valence-electron chi connectivity index (χ1n) is 4.72. The molecule has 1 rings (SSSR count). The van der Waals surface area contributed by atoms with Gasteiger partial charge in [-0.15, -0.1) is 0 Å². The van der Waals surface area contributed by atoms with Gasteiger partial charge < -0.3 is 10.5 Å². The molecule has 74 valence electrons. The van der Waals surface area contributed by atoms with E-state index in [1.165, 1.54) is 12.0 Å². The molecule has 0 bridgehead atoms. The van der Waals surface area contributed by atoms with E-state index < -0.39 is 0 Å². The Morgan fingerprint density at radius 1 is 1.62 bits per heavy atom. The maximum Gasteiger partial charge on any atom is 0.0955 e. The summed E-state index contributed by atoms with van der Waals surface area (Å²) in [6, 6.07) is 2.08. The summed E-state index contributed by atoms with van der Waals surface area (Å²) in [6.45, 7) is 3.54. The Morgan fingerprint density at radius 2 is 2.46 bits per heavy atom. The Kier molecular flexibility index (Phi) is 5.05. The van der Waals surface area contributed by atoms with Crippen LogP contribution in [-0.2, 0) is 4.74 Å². The van der Waals surface area contributed by atoms with E-state index >= 15 is 0 Å². The molecule has 0 aliphatic rings. The quantitative estimate of drug-likeness (QED) is 0.715. The van der Waals surface area contributed by atoms with E-state index in [-0.39, 0.29) is 6.10 Å². The maximum atomic E-state index is 5.66. The molecule has 1 unspecified atom stereocenters. The number of unbranched alkanes of at least 4 members (excludes halogenated alkanes) is 1. The van der Waals surface area contributed by atoms with Gasteiger partial charge in [-0.25, -0.2) is 0 Å². The van der Waals surface area contributed by atoms with Crippen LogP contribution in [0.3, 0.4) is 0 Å². The van der Waals surface area contributed by atoms with E-state index in [0.29, 0.717) is 6.54 Å². The molecule has 1 atom stereocenters. The van der Waals surface area contributed by atoms with Gasteiger partial charge in [0.15, 0.2) is 0 Å². The number of hydrogen-bond donors (Lipinski definition) is 1. The highest BCUT2D eigenvalue weighted by molar-refractivity contribution is 7.07. The Morgan fingerprint density at radius 3 is 3.00 bits per heavy atom. The highest BCUT2D eigenvalue weighted by atomic mass is 32.1. The van der Waals surface area contributed by atoms with E-state index in [1.54, 1.807) is 11.3 Å². The summed E-state index contributed by atoms with van der Waals surface area (Å²) in [5, 5.41) is 4.16. The summed E-state index contributed by atoms with van der Waals surface area (Å²) in [5.74, 6) is 0. The fourth-order valence-electron chi connectivity index (χ4n) is 1.13. The second-order valence-electron chi connectivity index (χ2n) is 3.01. The first-order valence-corrected chi connectivity index (χ1v) is 5.66. The van der Waals surface area contributed by atoms with Gasteiger partial charge >= 0.3 is 0 Å². The van der Waals surface area contributed by atoms with Crippen LogP contribution in [0.2, 0.25) is 0 Å². The minimum absolute atomic E-state index is 0.0952. The summed E-state index contributed by atoms with van der Waals surface area (Å²) in [7, 11) is 0. The summed E-state index contributed by atoms with van der Waals surface area (Å²) >= 11 is 1.69. The Labute approximate surface area is 83.7 Å². The lowest BCUT2D eigenvalue weighted by Crippen LogP contribution is -2.15. The molecule has 13 heavy (non-hydrogen) atoms. The molecule has 2 nitrogen and oxygen atoms in total. The van der Waals surface area contributed by atoms with Crippen molar-refractivity contribution < 1.29 is 4.74 Å². The molecule has 0 saturated heterocycles. The van der Waals surface area contributed by atoms with Crippen molar-refractivity contribution in [3.63, 3.8) is 0 Å². The maximum absolute atomic E-state index is 5.66.